The van der Waals surface area contributed by atoms with Gasteiger partial charge in [0.15, 0.2) is 0 Å². The van der Waals surface area contributed by atoms with E-state index in [2.05, 4.69) is 20.9 Å². The average molecular weight is 377 g/mol. The van der Waals surface area contributed by atoms with Crippen LogP contribution < -0.4 is 5.73 Å². The number of hydrogen-bond acceptors (Lipinski definition) is 2. The second kappa shape index (κ2) is 4.47. The number of pyridine rings is 1. The summed E-state index contributed by atoms with van der Waals surface area (Å²) in [5.41, 5.74) is 4.08. The van der Waals surface area contributed by atoms with Crippen LogP contribution in [-0.2, 0) is 0 Å². The third-order valence-corrected chi connectivity index (χ3v) is 3.60. The number of rotatable bonds is 2. The molecule has 0 spiro atoms. The molecule has 0 aliphatic carbocycles. The minimum atomic E-state index is -2.76. The van der Waals surface area contributed by atoms with E-state index in [1.54, 1.807) is 0 Å². The number of hydrogen-bond donors (Lipinski definition) is 1. The van der Waals surface area contributed by atoms with Crippen molar-refractivity contribution in [3.8, 4) is 0 Å². The summed E-state index contributed by atoms with van der Waals surface area (Å²) in [6, 6.07) is 1.18. The molecule has 76 valence electrons. The van der Waals surface area contributed by atoms with Crippen LogP contribution in [-0.4, -0.2) is 10.9 Å². The molecule has 0 fully saturated rings. The molecular formula is C7H4BrF2IN2O. The van der Waals surface area contributed by atoms with Gasteiger partial charge >= 0.3 is 0 Å². The lowest BCUT2D eigenvalue weighted by atomic mass is 10.2. The Morgan fingerprint density at radius 2 is 2.21 bits per heavy atom. The molecule has 3 nitrogen and oxygen atoms in total. The minimum Gasteiger partial charge on any atom is -0.364 e. The Kier molecular flexibility index (Phi) is 3.76. The topological polar surface area (TPSA) is 56.0 Å². The molecule has 0 aromatic carbocycles. The maximum Gasteiger partial charge on any atom is 0.267 e. The Morgan fingerprint density at radius 3 is 2.64 bits per heavy atom. The summed E-state index contributed by atoms with van der Waals surface area (Å²) in [4.78, 5) is 14.4. The van der Waals surface area contributed by atoms with Crippen LogP contribution in [0.1, 0.15) is 22.5 Å². The number of amides is 1. The van der Waals surface area contributed by atoms with Gasteiger partial charge in [0.25, 0.3) is 12.3 Å². The lowest BCUT2D eigenvalue weighted by Gasteiger charge is -2.06. The predicted octanol–water partition coefficient (Wildman–Crippen LogP) is 2.49. The summed E-state index contributed by atoms with van der Waals surface area (Å²) in [6.07, 6.45) is -2.76. The van der Waals surface area contributed by atoms with Crippen LogP contribution in [0.15, 0.2) is 10.7 Å². The van der Waals surface area contributed by atoms with Gasteiger partial charge in [0.05, 0.1) is 5.56 Å². The van der Waals surface area contributed by atoms with Crippen LogP contribution >= 0.6 is 38.5 Å². The van der Waals surface area contributed by atoms with Gasteiger partial charge in [-0.15, -0.1) is 0 Å². The second-order valence-electron chi connectivity index (χ2n) is 2.36. The summed E-state index contributed by atoms with van der Waals surface area (Å²) in [5.74, 6) is -0.961. The van der Waals surface area contributed by atoms with E-state index in [0.717, 1.165) is 0 Å². The number of carbonyl (C=O) groups excluding carboxylic acids is 1. The standard InChI is InChI=1S/C7H4BrF2IN2O/c8-5-3(11)1-2(6(9)10)4(13-5)7(12)14/h1,6H,(H2,12,14). The summed E-state index contributed by atoms with van der Waals surface area (Å²) >= 11 is 4.85. The fourth-order valence-corrected chi connectivity index (χ4v) is 1.59. The molecule has 7 heteroatoms. The SMILES string of the molecule is NC(=O)c1nc(Br)c(I)cc1C(F)F. The molecule has 14 heavy (non-hydrogen) atoms. The van der Waals surface area contributed by atoms with Crippen molar-refractivity contribution in [2.45, 2.75) is 6.43 Å². The Morgan fingerprint density at radius 1 is 1.64 bits per heavy atom. The van der Waals surface area contributed by atoms with Gasteiger partial charge in [-0.05, 0) is 44.6 Å². The van der Waals surface area contributed by atoms with Gasteiger partial charge in [0.1, 0.15) is 10.3 Å². The van der Waals surface area contributed by atoms with E-state index in [9.17, 15) is 13.6 Å². The molecule has 1 rings (SSSR count). The fraction of sp³-hybridized carbons (Fsp3) is 0.143. The zero-order chi connectivity index (χ0) is 10.9. The van der Waals surface area contributed by atoms with Crippen LogP contribution in [0, 0.1) is 3.57 Å². The second-order valence-corrected chi connectivity index (χ2v) is 4.28. The molecule has 0 atom stereocenters. The highest BCUT2D eigenvalue weighted by molar-refractivity contribution is 14.1. The number of aromatic nitrogens is 1. The van der Waals surface area contributed by atoms with Crippen molar-refractivity contribution >= 4 is 44.4 Å². The Bertz CT molecular complexity index is 386. The number of primary amides is 1. The molecule has 0 saturated heterocycles. The van der Waals surface area contributed by atoms with Crippen LogP contribution in [0.25, 0.3) is 0 Å². The van der Waals surface area contributed by atoms with Gasteiger partial charge in [0, 0.05) is 3.57 Å². The number of carbonyl (C=O) groups is 1. The quantitative estimate of drug-likeness (QED) is 0.636. The fourth-order valence-electron chi connectivity index (χ4n) is 0.844. The van der Waals surface area contributed by atoms with Gasteiger partial charge < -0.3 is 5.73 Å². The molecule has 0 bridgehead atoms. The highest BCUT2D eigenvalue weighted by Gasteiger charge is 2.20. The van der Waals surface area contributed by atoms with Gasteiger partial charge in [-0.1, -0.05) is 0 Å². The first-order valence-corrected chi connectivity index (χ1v) is 5.24. The molecule has 1 heterocycles. The van der Waals surface area contributed by atoms with E-state index in [4.69, 9.17) is 5.73 Å². The predicted molar refractivity (Wildman–Crippen MR) is 58.1 cm³/mol. The van der Waals surface area contributed by atoms with E-state index < -0.39 is 23.6 Å². The number of halogens is 4. The van der Waals surface area contributed by atoms with Crippen molar-refractivity contribution in [3.63, 3.8) is 0 Å². The molecule has 1 aromatic heterocycles. The Hall–Kier alpha value is -0.310. The maximum absolute atomic E-state index is 12.4. The number of nitrogens with zero attached hydrogens (tertiary/aromatic N) is 1. The van der Waals surface area contributed by atoms with E-state index in [0.29, 0.717) is 8.17 Å². The molecule has 0 saturated carbocycles. The first-order valence-electron chi connectivity index (χ1n) is 3.37. The molecular weight excluding hydrogens is 373 g/mol. The van der Waals surface area contributed by atoms with Crippen LogP contribution in [0.4, 0.5) is 8.78 Å². The van der Waals surface area contributed by atoms with Crippen molar-refractivity contribution in [2.75, 3.05) is 0 Å². The van der Waals surface area contributed by atoms with Crippen molar-refractivity contribution in [2.24, 2.45) is 5.73 Å². The monoisotopic (exact) mass is 376 g/mol. The third kappa shape index (κ3) is 2.38. The van der Waals surface area contributed by atoms with Crippen LogP contribution in [0.3, 0.4) is 0 Å². The molecule has 0 unspecified atom stereocenters. The van der Waals surface area contributed by atoms with E-state index in [1.165, 1.54) is 6.07 Å². The lowest BCUT2D eigenvalue weighted by molar-refractivity contribution is 0.0979. The van der Waals surface area contributed by atoms with Crippen LogP contribution in [0.5, 0.6) is 0 Å². The Labute approximate surface area is 100 Å². The minimum absolute atomic E-state index is 0.330. The maximum atomic E-state index is 12.4. The highest BCUT2D eigenvalue weighted by atomic mass is 127. The molecule has 1 aromatic rings. The van der Waals surface area contributed by atoms with Crippen molar-refractivity contribution in [3.05, 3.63) is 25.5 Å². The molecule has 2 N–H and O–H groups in total. The van der Waals surface area contributed by atoms with Gasteiger partial charge in [-0.25, -0.2) is 13.8 Å². The average Bonchev–Trinajstić information content (AvgIpc) is 2.08. The zero-order valence-electron chi connectivity index (χ0n) is 6.60. The molecule has 0 radical (unpaired) electrons. The first-order chi connectivity index (χ1) is 6.43. The summed E-state index contributed by atoms with van der Waals surface area (Å²) in [7, 11) is 0. The number of alkyl halides is 2. The molecule has 1 amide bonds. The van der Waals surface area contributed by atoms with Crippen molar-refractivity contribution in [1.29, 1.82) is 0 Å². The zero-order valence-corrected chi connectivity index (χ0v) is 10.3. The van der Waals surface area contributed by atoms with Gasteiger partial charge in [-0.2, -0.15) is 0 Å². The van der Waals surface area contributed by atoms with E-state index >= 15 is 0 Å². The van der Waals surface area contributed by atoms with Crippen LogP contribution in [0.2, 0.25) is 0 Å². The summed E-state index contributed by atoms with van der Waals surface area (Å²) < 4.78 is 25.7. The summed E-state index contributed by atoms with van der Waals surface area (Å²) in [5, 5.41) is 0. The van der Waals surface area contributed by atoms with Crippen molar-refractivity contribution < 1.29 is 13.6 Å². The normalized spacial score (nSPS) is 10.6. The van der Waals surface area contributed by atoms with Gasteiger partial charge in [0.2, 0.25) is 0 Å². The van der Waals surface area contributed by atoms with Crippen molar-refractivity contribution in [1.82, 2.24) is 4.98 Å². The molecule has 0 aliphatic rings. The van der Waals surface area contributed by atoms with E-state index in [1.807, 2.05) is 22.6 Å². The Balaban J connectivity index is 3.39. The van der Waals surface area contributed by atoms with Gasteiger partial charge in [-0.3, -0.25) is 4.79 Å². The highest BCUT2D eigenvalue weighted by Crippen LogP contribution is 2.27. The smallest absolute Gasteiger partial charge is 0.267 e. The molecule has 0 aliphatic heterocycles. The first kappa shape index (κ1) is 11.8. The number of nitrogens with two attached hydrogens (primary N) is 1. The van der Waals surface area contributed by atoms with E-state index in [-0.39, 0.29) is 0 Å². The lowest BCUT2D eigenvalue weighted by Crippen LogP contribution is -2.16. The summed E-state index contributed by atoms with van der Waals surface area (Å²) in [6.45, 7) is 0. The largest absolute Gasteiger partial charge is 0.364 e. The third-order valence-electron chi connectivity index (χ3n) is 1.43.